The van der Waals surface area contributed by atoms with Gasteiger partial charge in [-0.15, -0.1) is 0 Å². The topological polar surface area (TPSA) is 26.0 Å². The summed E-state index contributed by atoms with van der Waals surface area (Å²) in [6.07, 6.45) is 4.07. The molecule has 0 aliphatic heterocycles. The Balaban J connectivity index is 2.07. The Hall–Kier alpha value is -0.470. The first-order valence-electron chi connectivity index (χ1n) is 6.96. The molecule has 2 N–H and O–H groups in total. The lowest BCUT2D eigenvalue weighted by Gasteiger charge is -2.30. The first-order chi connectivity index (χ1) is 8.47. The zero-order valence-corrected chi connectivity index (χ0v) is 12.6. The number of benzene rings is 1. The first kappa shape index (κ1) is 14.0. The van der Waals surface area contributed by atoms with Gasteiger partial charge in [0.05, 0.1) is 0 Å². The predicted octanol–water partition coefficient (Wildman–Crippen LogP) is 4.49. The molecular formula is C16H25NS. The van der Waals surface area contributed by atoms with Crippen molar-refractivity contribution in [2.75, 3.05) is 5.75 Å². The summed E-state index contributed by atoms with van der Waals surface area (Å²) in [5, 5.41) is 0. The van der Waals surface area contributed by atoms with Crippen LogP contribution in [-0.2, 0) is 0 Å². The zero-order valence-electron chi connectivity index (χ0n) is 11.8. The highest BCUT2D eigenvalue weighted by Gasteiger charge is 2.24. The average molecular weight is 263 g/mol. The number of nitrogens with two attached hydrogens (primary N) is 1. The molecule has 1 nitrogen and oxygen atoms in total. The van der Waals surface area contributed by atoms with E-state index in [2.05, 4.69) is 45.0 Å². The maximum Gasteiger partial charge on any atom is 0.0389 e. The van der Waals surface area contributed by atoms with E-state index in [4.69, 9.17) is 5.73 Å². The molecule has 18 heavy (non-hydrogen) atoms. The molecular weight excluding hydrogens is 238 g/mol. The number of thioether (sulfide) groups is 1. The summed E-state index contributed by atoms with van der Waals surface area (Å²) >= 11 is 1.96. The normalized spacial score (nSPS) is 18.4. The fourth-order valence-corrected chi connectivity index (χ4v) is 3.23. The third-order valence-electron chi connectivity index (χ3n) is 3.64. The fraction of sp³-hybridized carbons (Fsp3) is 0.625. The Bertz CT molecular complexity index is 390. The summed E-state index contributed by atoms with van der Waals surface area (Å²) in [5.41, 5.74) is 9.28. The van der Waals surface area contributed by atoms with Crippen LogP contribution < -0.4 is 5.73 Å². The summed E-state index contributed by atoms with van der Waals surface area (Å²) < 4.78 is 0.295. The molecule has 1 aromatic carbocycles. The minimum absolute atomic E-state index is 0.172. The zero-order chi connectivity index (χ0) is 13.2. The van der Waals surface area contributed by atoms with Gasteiger partial charge in [-0.3, -0.25) is 0 Å². The number of rotatable bonds is 4. The van der Waals surface area contributed by atoms with Crippen molar-refractivity contribution in [1.29, 1.82) is 0 Å². The lowest BCUT2D eigenvalue weighted by molar-refractivity contribution is 0.416. The van der Waals surface area contributed by atoms with E-state index in [1.807, 2.05) is 11.8 Å². The lowest BCUT2D eigenvalue weighted by atomic mass is 9.77. The Morgan fingerprint density at radius 1 is 1.28 bits per heavy atom. The summed E-state index contributed by atoms with van der Waals surface area (Å²) in [7, 11) is 0. The van der Waals surface area contributed by atoms with Crippen LogP contribution in [-0.4, -0.2) is 10.5 Å². The van der Waals surface area contributed by atoms with Gasteiger partial charge >= 0.3 is 0 Å². The molecule has 2 heteroatoms. The number of hydrogen-bond donors (Lipinski definition) is 1. The van der Waals surface area contributed by atoms with Gasteiger partial charge in [-0.25, -0.2) is 0 Å². The van der Waals surface area contributed by atoms with E-state index in [0.717, 1.165) is 11.7 Å². The van der Waals surface area contributed by atoms with Gasteiger partial charge in [-0.2, -0.15) is 11.8 Å². The molecule has 0 aromatic heterocycles. The smallest absolute Gasteiger partial charge is 0.0389 e. The highest BCUT2D eigenvalue weighted by Crippen LogP contribution is 2.40. The van der Waals surface area contributed by atoms with Crippen LogP contribution in [0.15, 0.2) is 24.3 Å². The van der Waals surface area contributed by atoms with Crippen LogP contribution in [0.4, 0.5) is 0 Å². The Kier molecular flexibility index (Phi) is 4.39. The monoisotopic (exact) mass is 263 g/mol. The van der Waals surface area contributed by atoms with E-state index >= 15 is 0 Å². The molecule has 1 aromatic rings. The summed E-state index contributed by atoms with van der Waals surface area (Å²) in [4.78, 5) is 0. The average Bonchev–Trinajstić information content (AvgIpc) is 2.23. The second-order valence-electron chi connectivity index (χ2n) is 6.29. The molecule has 1 aliphatic carbocycles. The molecule has 100 valence electrons. The van der Waals surface area contributed by atoms with E-state index < -0.39 is 0 Å². The molecule has 1 atom stereocenters. The van der Waals surface area contributed by atoms with Crippen LogP contribution >= 0.6 is 11.8 Å². The van der Waals surface area contributed by atoms with Crippen LogP contribution in [0.1, 0.15) is 63.1 Å². The quantitative estimate of drug-likeness (QED) is 0.866. The van der Waals surface area contributed by atoms with Crippen molar-refractivity contribution >= 4 is 11.8 Å². The summed E-state index contributed by atoms with van der Waals surface area (Å²) in [5.74, 6) is 1.78. The van der Waals surface area contributed by atoms with Gasteiger partial charge in [-0.05, 0) is 29.9 Å². The van der Waals surface area contributed by atoms with Crippen molar-refractivity contribution in [2.24, 2.45) is 5.73 Å². The molecule has 0 bridgehead atoms. The van der Waals surface area contributed by atoms with Gasteiger partial charge in [-0.1, -0.05) is 51.5 Å². The largest absolute Gasteiger partial charge is 0.323 e. The number of hydrogen-bond acceptors (Lipinski definition) is 2. The predicted molar refractivity (Wildman–Crippen MR) is 82.2 cm³/mol. The Morgan fingerprint density at radius 3 is 2.50 bits per heavy atom. The van der Waals surface area contributed by atoms with Gasteiger partial charge < -0.3 is 5.73 Å². The van der Waals surface area contributed by atoms with E-state index in [1.165, 1.54) is 30.4 Å². The molecule has 0 heterocycles. The standard InChI is InChI=1S/C16H25NS/c1-16(2,3)18-11-15(17)14-10-5-4-9-13(14)12-7-6-8-12/h4-5,9-10,12,15H,6-8,11,17H2,1-3H3. The van der Waals surface area contributed by atoms with Crippen molar-refractivity contribution in [1.82, 2.24) is 0 Å². The fourth-order valence-electron chi connectivity index (χ4n) is 2.37. The lowest BCUT2D eigenvalue weighted by Crippen LogP contribution is -2.21. The highest BCUT2D eigenvalue weighted by molar-refractivity contribution is 8.00. The van der Waals surface area contributed by atoms with E-state index in [-0.39, 0.29) is 6.04 Å². The second kappa shape index (κ2) is 5.66. The maximum atomic E-state index is 6.40. The van der Waals surface area contributed by atoms with Crippen LogP contribution in [0.5, 0.6) is 0 Å². The third kappa shape index (κ3) is 3.52. The van der Waals surface area contributed by atoms with E-state index in [9.17, 15) is 0 Å². The molecule has 1 aliphatic rings. The molecule has 0 radical (unpaired) electrons. The van der Waals surface area contributed by atoms with E-state index in [1.54, 1.807) is 0 Å². The molecule has 0 spiro atoms. The molecule has 0 saturated heterocycles. The van der Waals surface area contributed by atoms with E-state index in [0.29, 0.717) is 4.75 Å². The third-order valence-corrected chi connectivity index (χ3v) is 5.03. The van der Waals surface area contributed by atoms with Crippen LogP contribution in [0.2, 0.25) is 0 Å². The molecule has 1 saturated carbocycles. The minimum Gasteiger partial charge on any atom is -0.323 e. The first-order valence-corrected chi connectivity index (χ1v) is 7.94. The van der Waals surface area contributed by atoms with Gasteiger partial charge in [0.1, 0.15) is 0 Å². The van der Waals surface area contributed by atoms with Gasteiger partial charge in [0.2, 0.25) is 0 Å². The molecule has 1 unspecified atom stereocenters. The Morgan fingerprint density at radius 2 is 1.94 bits per heavy atom. The minimum atomic E-state index is 0.172. The van der Waals surface area contributed by atoms with Crippen molar-refractivity contribution in [3.05, 3.63) is 35.4 Å². The van der Waals surface area contributed by atoms with Gasteiger partial charge in [0.15, 0.2) is 0 Å². The van der Waals surface area contributed by atoms with Gasteiger partial charge in [0, 0.05) is 16.5 Å². The van der Waals surface area contributed by atoms with Crippen LogP contribution in [0.25, 0.3) is 0 Å². The second-order valence-corrected chi connectivity index (χ2v) is 8.13. The van der Waals surface area contributed by atoms with Crippen molar-refractivity contribution in [2.45, 2.75) is 56.7 Å². The van der Waals surface area contributed by atoms with Gasteiger partial charge in [0.25, 0.3) is 0 Å². The Labute approximate surface area is 116 Å². The van der Waals surface area contributed by atoms with Crippen molar-refractivity contribution in [3.8, 4) is 0 Å². The SMILES string of the molecule is CC(C)(C)SCC(N)c1ccccc1C1CCC1. The van der Waals surface area contributed by atoms with Crippen LogP contribution in [0, 0.1) is 0 Å². The highest BCUT2D eigenvalue weighted by atomic mass is 32.2. The maximum absolute atomic E-state index is 6.40. The molecule has 2 rings (SSSR count). The molecule has 0 amide bonds. The summed E-state index contributed by atoms with van der Waals surface area (Å²) in [6.45, 7) is 6.76. The van der Waals surface area contributed by atoms with Crippen molar-refractivity contribution < 1.29 is 0 Å². The molecule has 1 fully saturated rings. The van der Waals surface area contributed by atoms with Crippen LogP contribution in [0.3, 0.4) is 0 Å². The van der Waals surface area contributed by atoms with Crippen molar-refractivity contribution in [3.63, 3.8) is 0 Å². The summed E-state index contributed by atoms with van der Waals surface area (Å²) in [6, 6.07) is 8.95.